The molecule has 0 saturated carbocycles. The zero-order valence-electron chi connectivity index (χ0n) is 11.2. The lowest BCUT2D eigenvalue weighted by atomic mass is 9.99. The quantitative estimate of drug-likeness (QED) is 0.775. The lowest BCUT2D eigenvalue weighted by Crippen LogP contribution is -2.30. The molecule has 0 aromatic heterocycles. The molecule has 1 fully saturated rings. The molecule has 1 aromatic carbocycles. The van der Waals surface area contributed by atoms with E-state index in [-0.39, 0.29) is 28.2 Å². The summed E-state index contributed by atoms with van der Waals surface area (Å²) in [5.41, 5.74) is 0.399. The first kappa shape index (κ1) is 15.0. The van der Waals surface area contributed by atoms with Gasteiger partial charge in [0.1, 0.15) is 5.82 Å². The number of esters is 1. The molecule has 1 amide bonds. The van der Waals surface area contributed by atoms with E-state index >= 15 is 0 Å². The topological polar surface area (TPSA) is 46.6 Å². The van der Waals surface area contributed by atoms with E-state index < -0.39 is 5.82 Å². The zero-order valence-corrected chi connectivity index (χ0v) is 12.8. The Labute approximate surface area is 125 Å². The minimum absolute atomic E-state index is 0.0512. The van der Waals surface area contributed by atoms with Gasteiger partial charge in [-0.1, -0.05) is 6.92 Å². The van der Waals surface area contributed by atoms with Crippen LogP contribution in [0.3, 0.4) is 0 Å². The number of hydrogen-bond acceptors (Lipinski definition) is 3. The third kappa shape index (κ3) is 2.85. The van der Waals surface area contributed by atoms with Crippen LogP contribution in [0.1, 0.15) is 17.3 Å². The Balaban J connectivity index is 2.14. The molecule has 1 saturated heterocycles. The zero-order chi connectivity index (χ0) is 14.9. The Bertz CT molecular complexity index is 549. The second kappa shape index (κ2) is 5.91. The van der Waals surface area contributed by atoms with Crippen LogP contribution < -0.4 is 0 Å². The predicted molar refractivity (Wildman–Crippen MR) is 74.7 cm³/mol. The molecule has 1 aromatic rings. The van der Waals surface area contributed by atoms with Gasteiger partial charge in [0.05, 0.1) is 17.5 Å². The molecule has 0 aliphatic carbocycles. The molecule has 108 valence electrons. The normalized spacial score (nSPS) is 21.9. The molecule has 1 aliphatic heterocycles. The van der Waals surface area contributed by atoms with E-state index in [1.54, 1.807) is 4.90 Å². The number of carbonyl (C=O) groups is 2. The summed E-state index contributed by atoms with van der Waals surface area (Å²) in [5.74, 6) is -1.16. The first-order valence-electron chi connectivity index (χ1n) is 6.26. The van der Waals surface area contributed by atoms with Gasteiger partial charge in [-0.15, -0.1) is 0 Å². The maximum atomic E-state index is 13.2. The fourth-order valence-electron chi connectivity index (χ4n) is 2.40. The fourth-order valence-corrected chi connectivity index (χ4v) is 2.78. The predicted octanol–water partition coefficient (Wildman–Crippen LogP) is 2.47. The van der Waals surface area contributed by atoms with E-state index in [1.165, 1.54) is 25.3 Å². The van der Waals surface area contributed by atoms with E-state index in [0.717, 1.165) is 0 Å². The largest absolute Gasteiger partial charge is 0.469 e. The minimum Gasteiger partial charge on any atom is -0.469 e. The van der Waals surface area contributed by atoms with E-state index in [9.17, 15) is 14.0 Å². The number of hydrogen-bond donors (Lipinski definition) is 0. The average Bonchev–Trinajstić information content (AvgIpc) is 2.82. The molecular formula is C14H15BrFNO3. The van der Waals surface area contributed by atoms with Crippen LogP contribution in [-0.4, -0.2) is 37.0 Å². The van der Waals surface area contributed by atoms with Crippen molar-refractivity contribution in [2.45, 2.75) is 6.92 Å². The van der Waals surface area contributed by atoms with Crippen LogP contribution in [0.15, 0.2) is 22.7 Å². The lowest BCUT2D eigenvalue weighted by molar-refractivity contribution is -0.146. The van der Waals surface area contributed by atoms with Gasteiger partial charge in [0.2, 0.25) is 0 Å². The maximum Gasteiger partial charge on any atom is 0.310 e. The number of carbonyl (C=O) groups excluding carboxylic acids is 2. The molecule has 1 heterocycles. The highest BCUT2D eigenvalue weighted by Crippen LogP contribution is 2.26. The van der Waals surface area contributed by atoms with Crippen molar-refractivity contribution < 1.29 is 18.7 Å². The Morgan fingerprint density at radius 1 is 1.40 bits per heavy atom. The van der Waals surface area contributed by atoms with Gasteiger partial charge in [-0.25, -0.2) is 4.39 Å². The van der Waals surface area contributed by atoms with Gasteiger partial charge >= 0.3 is 5.97 Å². The Hall–Kier alpha value is -1.43. The second-order valence-electron chi connectivity index (χ2n) is 4.95. The van der Waals surface area contributed by atoms with Crippen molar-refractivity contribution in [3.8, 4) is 0 Å². The van der Waals surface area contributed by atoms with Crippen molar-refractivity contribution in [1.29, 1.82) is 0 Å². The van der Waals surface area contributed by atoms with Crippen molar-refractivity contribution in [3.05, 3.63) is 34.1 Å². The smallest absolute Gasteiger partial charge is 0.310 e. The summed E-state index contributed by atoms with van der Waals surface area (Å²) in [7, 11) is 1.34. The number of halogens is 2. The molecule has 2 atom stereocenters. The standard InChI is InChI=1S/C14H15BrFNO3/c1-8-6-17(7-10(8)14(19)20-2)13(18)9-3-4-12(16)11(15)5-9/h3-5,8,10H,6-7H2,1-2H3. The Morgan fingerprint density at radius 2 is 2.10 bits per heavy atom. The van der Waals surface area contributed by atoms with Gasteiger partial charge in [-0.3, -0.25) is 9.59 Å². The van der Waals surface area contributed by atoms with Crippen molar-refractivity contribution >= 4 is 27.8 Å². The molecule has 0 bridgehead atoms. The van der Waals surface area contributed by atoms with Crippen molar-refractivity contribution in [2.75, 3.05) is 20.2 Å². The highest BCUT2D eigenvalue weighted by Gasteiger charge is 2.37. The Morgan fingerprint density at radius 3 is 2.70 bits per heavy atom. The van der Waals surface area contributed by atoms with Crippen LogP contribution in [0.5, 0.6) is 0 Å². The molecule has 4 nitrogen and oxygen atoms in total. The number of ether oxygens (including phenoxy) is 1. The molecule has 1 aliphatic rings. The van der Waals surface area contributed by atoms with Crippen molar-refractivity contribution in [1.82, 2.24) is 4.90 Å². The molecule has 0 N–H and O–H groups in total. The van der Waals surface area contributed by atoms with Crippen LogP contribution in [-0.2, 0) is 9.53 Å². The summed E-state index contributed by atoms with van der Waals surface area (Å²) >= 11 is 3.06. The summed E-state index contributed by atoms with van der Waals surface area (Å²) in [5, 5.41) is 0. The van der Waals surface area contributed by atoms with Crippen LogP contribution in [0.2, 0.25) is 0 Å². The van der Waals surface area contributed by atoms with Gasteiger partial charge in [-0.05, 0) is 40.0 Å². The third-order valence-electron chi connectivity index (χ3n) is 3.57. The third-order valence-corrected chi connectivity index (χ3v) is 4.18. The maximum absolute atomic E-state index is 13.2. The average molecular weight is 344 g/mol. The molecule has 20 heavy (non-hydrogen) atoms. The highest BCUT2D eigenvalue weighted by molar-refractivity contribution is 9.10. The van der Waals surface area contributed by atoms with Gasteiger partial charge in [-0.2, -0.15) is 0 Å². The molecule has 0 spiro atoms. The summed E-state index contributed by atoms with van der Waals surface area (Å²) in [6.07, 6.45) is 0. The SMILES string of the molecule is COC(=O)C1CN(C(=O)c2ccc(F)c(Br)c2)CC1C. The van der Waals surface area contributed by atoms with Gasteiger partial charge in [0.15, 0.2) is 0 Å². The van der Waals surface area contributed by atoms with E-state index in [1.807, 2.05) is 6.92 Å². The van der Waals surface area contributed by atoms with Crippen LogP contribution in [0.4, 0.5) is 4.39 Å². The fraction of sp³-hybridized carbons (Fsp3) is 0.429. The van der Waals surface area contributed by atoms with Crippen LogP contribution in [0.25, 0.3) is 0 Å². The summed E-state index contributed by atoms with van der Waals surface area (Å²) in [4.78, 5) is 25.6. The van der Waals surface area contributed by atoms with Crippen molar-refractivity contribution in [3.63, 3.8) is 0 Å². The number of methoxy groups -OCH3 is 1. The highest BCUT2D eigenvalue weighted by atomic mass is 79.9. The lowest BCUT2D eigenvalue weighted by Gasteiger charge is -2.16. The monoisotopic (exact) mass is 343 g/mol. The van der Waals surface area contributed by atoms with Gasteiger partial charge < -0.3 is 9.64 Å². The second-order valence-corrected chi connectivity index (χ2v) is 5.80. The number of amides is 1. The molecule has 2 rings (SSSR count). The molecule has 2 unspecified atom stereocenters. The van der Waals surface area contributed by atoms with Gasteiger partial charge in [0, 0.05) is 18.7 Å². The van der Waals surface area contributed by atoms with Gasteiger partial charge in [0.25, 0.3) is 5.91 Å². The van der Waals surface area contributed by atoms with E-state index in [2.05, 4.69) is 15.9 Å². The molecule has 0 radical (unpaired) electrons. The van der Waals surface area contributed by atoms with E-state index in [0.29, 0.717) is 18.7 Å². The summed E-state index contributed by atoms with van der Waals surface area (Å²) < 4.78 is 18.2. The minimum atomic E-state index is -0.413. The number of benzene rings is 1. The van der Waals surface area contributed by atoms with Crippen molar-refractivity contribution in [2.24, 2.45) is 11.8 Å². The first-order chi connectivity index (χ1) is 9.43. The van der Waals surface area contributed by atoms with Crippen LogP contribution in [0, 0.1) is 17.7 Å². The van der Waals surface area contributed by atoms with E-state index in [4.69, 9.17) is 4.74 Å². The first-order valence-corrected chi connectivity index (χ1v) is 7.05. The molecule has 6 heteroatoms. The Kier molecular flexibility index (Phi) is 4.42. The van der Waals surface area contributed by atoms with Crippen LogP contribution >= 0.6 is 15.9 Å². The molecular weight excluding hydrogens is 329 g/mol. The summed E-state index contributed by atoms with van der Waals surface area (Å²) in [6.45, 7) is 2.74. The number of nitrogens with zero attached hydrogens (tertiary/aromatic N) is 1. The number of rotatable bonds is 2. The number of likely N-dealkylation sites (tertiary alicyclic amines) is 1. The summed E-state index contributed by atoms with van der Waals surface area (Å²) in [6, 6.07) is 4.14.